The smallest absolute Gasteiger partial charge is 0.276 e. The summed E-state index contributed by atoms with van der Waals surface area (Å²) in [4.78, 5) is 14.6. The van der Waals surface area contributed by atoms with Crippen molar-refractivity contribution in [1.29, 1.82) is 0 Å². The Balaban J connectivity index is 1.78. The van der Waals surface area contributed by atoms with Gasteiger partial charge in [-0.05, 0) is 68.4 Å². The summed E-state index contributed by atoms with van der Waals surface area (Å²) < 4.78 is 27.6. The highest BCUT2D eigenvalue weighted by molar-refractivity contribution is 7.80. The van der Waals surface area contributed by atoms with Gasteiger partial charge in [-0.1, -0.05) is 6.07 Å². The molecule has 2 aromatic rings. The predicted molar refractivity (Wildman–Crippen MR) is 134 cm³/mol. The minimum absolute atomic E-state index is 0.210. The van der Waals surface area contributed by atoms with Crippen LogP contribution in [0.15, 0.2) is 36.0 Å². The van der Waals surface area contributed by atoms with E-state index in [4.69, 9.17) is 35.9 Å². The van der Waals surface area contributed by atoms with Crippen LogP contribution in [0.25, 0.3) is 6.08 Å². The van der Waals surface area contributed by atoms with Crippen LogP contribution in [0.3, 0.4) is 0 Å². The zero-order valence-electron chi connectivity index (χ0n) is 20.1. The molecule has 3 rings (SSSR count). The van der Waals surface area contributed by atoms with E-state index in [1.54, 1.807) is 30.2 Å². The number of hydrogen-bond donors (Lipinski definition) is 1. The van der Waals surface area contributed by atoms with Gasteiger partial charge >= 0.3 is 0 Å². The average Bonchev–Trinajstić information content (AvgIpc) is 3.10. The first kappa shape index (κ1) is 25.2. The highest BCUT2D eigenvalue weighted by Crippen LogP contribution is 2.40. The zero-order valence-corrected chi connectivity index (χ0v) is 20.9. The molecule has 0 spiro atoms. The van der Waals surface area contributed by atoms with Gasteiger partial charge in [0, 0.05) is 12.1 Å². The monoisotopic (exact) mass is 486 g/mol. The normalized spacial score (nSPS) is 14.3. The molecule has 9 heteroatoms. The molecule has 1 N–H and O–H groups in total. The number of ether oxygens (including phenoxy) is 5. The largest absolute Gasteiger partial charge is 0.493 e. The van der Waals surface area contributed by atoms with Crippen LogP contribution in [0, 0.1) is 0 Å². The average molecular weight is 487 g/mol. The summed E-state index contributed by atoms with van der Waals surface area (Å²) in [5.74, 6) is 2.63. The lowest BCUT2D eigenvalue weighted by molar-refractivity contribution is -0.122. The quantitative estimate of drug-likeness (QED) is 0.380. The molecule has 0 atom stereocenters. The van der Waals surface area contributed by atoms with Crippen molar-refractivity contribution in [1.82, 2.24) is 10.2 Å². The second-order valence-electron chi connectivity index (χ2n) is 7.27. The van der Waals surface area contributed by atoms with E-state index in [0.717, 1.165) is 5.56 Å². The van der Waals surface area contributed by atoms with Crippen LogP contribution in [0.1, 0.15) is 25.0 Å². The fraction of sp³-hybridized carbons (Fsp3) is 0.360. The standard InChI is InChI=1S/C25H30N2O6S/c1-6-32-19-10-8-16(14-21(19)33-7-2)12-13-27-24(28)18(26-25(27)34)15-17-9-11-20(29-3)23(31-5)22(17)30-4/h8-11,14-15H,6-7,12-13H2,1-5H3,(H,26,34)/b18-15+. The Labute approximate surface area is 205 Å². The molecule has 0 radical (unpaired) electrons. The van der Waals surface area contributed by atoms with E-state index in [2.05, 4.69) is 5.32 Å². The molecule has 1 fully saturated rings. The lowest BCUT2D eigenvalue weighted by Crippen LogP contribution is -2.32. The van der Waals surface area contributed by atoms with Gasteiger partial charge in [0.25, 0.3) is 5.91 Å². The van der Waals surface area contributed by atoms with Crippen molar-refractivity contribution in [3.8, 4) is 28.7 Å². The maximum Gasteiger partial charge on any atom is 0.276 e. The van der Waals surface area contributed by atoms with E-state index in [-0.39, 0.29) is 5.91 Å². The van der Waals surface area contributed by atoms with Crippen LogP contribution in [-0.2, 0) is 11.2 Å². The summed E-state index contributed by atoms with van der Waals surface area (Å²) in [6.45, 7) is 5.37. The number of benzene rings is 2. The Kier molecular flexibility index (Phi) is 8.59. The molecule has 1 aliphatic rings. The first-order chi connectivity index (χ1) is 16.5. The topological polar surface area (TPSA) is 78.5 Å². The maximum atomic E-state index is 13.1. The third kappa shape index (κ3) is 5.36. The molecule has 0 aromatic heterocycles. The number of rotatable bonds is 11. The van der Waals surface area contributed by atoms with Crippen molar-refractivity contribution in [3.63, 3.8) is 0 Å². The Morgan fingerprint density at radius 3 is 2.24 bits per heavy atom. The Morgan fingerprint density at radius 1 is 0.912 bits per heavy atom. The highest BCUT2D eigenvalue weighted by Gasteiger charge is 2.31. The van der Waals surface area contributed by atoms with Crippen LogP contribution >= 0.6 is 12.2 Å². The molecule has 0 aliphatic carbocycles. The van der Waals surface area contributed by atoms with Crippen LogP contribution in [0.4, 0.5) is 0 Å². The molecule has 0 bridgehead atoms. The van der Waals surface area contributed by atoms with E-state index >= 15 is 0 Å². The van der Waals surface area contributed by atoms with E-state index in [0.29, 0.717) is 71.3 Å². The van der Waals surface area contributed by atoms with Crippen molar-refractivity contribution in [2.24, 2.45) is 0 Å². The second kappa shape index (κ2) is 11.6. The van der Waals surface area contributed by atoms with Gasteiger partial charge in [-0.15, -0.1) is 0 Å². The van der Waals surface area contributed by atoms with Crippen LogP contribution in [-0.4, -0.2) is 57.0 Å². The minimum atomic E-state index is -0.210. The van der Waals surface area contributed by atoms with Gasteiger partial charge < -0.3 is 29.0 Å². The molecule has 8 nitrogen and oxygen atoms in total. The summed E-state index contributed by atoms with van der Waals surface area (Å²) in [6.07, 6.45) is 2.30. The molecule has 182 valence electrons. The molecule has 1 heterocycles. The molecule has 0 unspecified atom stereocenters. The fourth-order valence-corrected chi connectivity index (χ4v) is 3.94. The first-order valence-corrected chi connectivity index (χ1v) is 11.4. The number of carbonyl (C=O) groups is 1. The van der Waals surface area contributed by atoms with Crippen molar-refractivity contribution < 1.29 is 28.5 Å². The van der Waals surface area contributed by atoms with Crippen molar-refractivity contribution in [2.45, 2.75) is 20.3 Å². The SMILES string of the molecule is CCOc1ccc(CCN2C(=O)/C(=C\c3ccc(OC)c(OC)c3OC)NC2=S)cc1OCC. The number of nitrogens with one attached hydrogen (secondary N) is 1. The third-order valence-electron chi connectivity index (χ3n) is 5.23. The Morgan fingerprint density at radius 2 is 1.59 bits per heavy atom. The van der Waals surface area contributed by atoms with Gasteiger partial charge in [0.1, 0.15) is 5.70 Å². The number of amides is 1. The summed E-state index contributed by atoms with van der Waals surface area (Å²) in [7, 11) is 4.62. The molecular formula is C25H30N2O6S. The molecule has 34 heavy (non-hydrogen) atoms. The predicted octanol–water partition coefficient (Wildman–Crippen LogP) is 3.81. The first-order valence-electron chi connectivity index (χ1n) is 11.0. The molecule has 2 aromatic carbocycles. The Bertz CT molecular complexity index is 1090. The molecule has 1 saturated heterocycles. The minimum Gasteiger partial charge on any atom is -0.493 e. The van der Waals surface area contributed by atoms with Crippen LogP contribution in [0.5, 0.6) is 28.7 Å². The summed E-state index contributed by atoms with van der Waals surface area (Å²) in [5, 5.41) is 3.36. The maximum absolute atomic E-state index is 13.1. The van der Waals surface area contributed by atoms with E-state index in [9.17, 15) is 4.79 Å². The second-order valence-corrected chi connectivity index (χ2v) is 7.65. The highest BCUT2D eigenvalue weighted by atomic mass is 32.1. The van der Waals surface area contributed by atoms with Gasteiger partial charge in [0.2, 0.25) is 5.75 Å². The Hall–Kier alpha value is -3.46. The van der Waals surface area contributed by atoms with E-state index in [1.165, 1.54) is 14.2 Å². The lowest BCUT2D eigenvalue weighted by Gasteiger charge is -2.16. The van der Waals surface area contributed by atoms with Crippen molar-refractivity contribution in [2.75, 3.05) is 41.1 Å². The van der Waals surface area contributed by atoms with Crippen molar-refractivity contribution >= 4 is 29.3 Å². The molecule has 1 amide bonds. The number of carbonyl (C=O) groups excluding carboxylic acids is 1. The van der Waals surface area contributed by atoms with E-state index in [1.807, 2.05) is 32.0 Å². The van der Waals surface area contributed by atoms with Gasteiger partial charge in [0.15, 0.2) is 28.1 Å². The molecular weight excluding hydrogens is 456 g/mol. The van der Waals surface area contributed by atoms with Crippen molar-refractivity contribution in [3.05, 3.63) is 47.2 Å². The number of nitrogens with zero attached hydrogens (tertiary/aromatic N) is 1. The molecule has 1 aliphatic heterocycles. The zero-order chi connectivity index (χ0) is 24.7. The van der Waals surface area contributed by atoms with Gasteiger partial charge in [-0.3, -0.25) is 9.69 Å². The fourth-order valence-electron chi connectivity index (χ4n) is 3.66. The van der Waals surface area contributed by atoms with E-state index < -0.39 is 0 Å². The van der Waals surface area contributed by atoms with Crippen LogP contribution < -0.4 is 29.0 Å². The number of hydrogen-bond acceptors (Lipinski definition) is 7. The molecule has 0 saturated carbocycles. The number of thiocarbonyl (C=S) groups is 1. The van der Waals surface area contributed by atoms with Crippen LogP contribution in [0.2, 0.25) is 0 Å². The summed E-state index contributed by atoms with van der Waals surface area (Å²) in [5.41, 5.74) is 2.03. The number of methoxy groups -OCH3 is 3. The summed E-state index contributed by atoms with van der Waals surface area (Å²) in [6, 6.07) is 9.35. The van der Waals surface area contributed by atoms with Gasteiger partial charge in [-0.2, -0.15) is 0 Å². The van der Waals surface area contributed by atoms with Gasteiger partial charge in [-0.25, -0.2) is 0 Å². The lowest BCUT2D eigenvalue weighted by atomic mass is 10.1. The van der Waals surface area contributed by atoms with Gasteiger partial charge in [0.05, 0.1) is 34.5 Å². The summed E-state index contributed by atoms with van der Waals surface area (Å²) >= 11 is 5.43. The third-order valence-corrected chi connectivity index (χ3v) is 5.55.